The third-order valence-corrected chi connectivity index (χ3v) is 5.32. The van der Waals surface area contributed by atoms with E-state index in [-0.39, 0.29) is 17.7 Å². The van der Waals surface area contributed by atoms with E-state index in [1.807, 2.05) is 22.8 Å². The number of carbonyl (C=O) groups excluding carboxylic acids is 2. The number of hydrogen-bond donors (Lipinski definition) is 1. The van der Waals surface area contributed by atoms with Gasteiger partial charge in [0.25, 0.3) is 5.91 Å². The Morgan fingerprint density at radius 3 is 2.90 bits per heavy atom. The van der Waals surface area contributed by atoms with Crippen LogP contribution in [0.2, 0.25) is 0 Å². The second kappa shape index (κ2) is 9.04. The van der Waals surface area contributed by atoms with Crippen LogP contribution in [0.25, 0.3) is 11.2 Å². The molecule has 1 N–H and O–H groups in total. The van der Waals surface area contributed by atoms with Gasteiger partial charge in [0.2, 0.25) is 5.91 Å². The molecular formula is C22H25N5O3. The van der Waals surface area contributed by atoms with Crippen LogP contribution in [0, 0.1) is 5.92 Å². The van der Waals surface area contributed by atoms with Crippen molar-refractivity contribution in [3.63, 3.8) is 0 Å². The van der Waals surface area contributed by atoms with Crippen LogP contribution in [0.1, 0.15) is 22.3 Å². The molecule has 0 saturated carbocycles. The molecule has 1 aliphatic heterocycles. The summed E-state index contributed by atoms with van der Waals surface area (Å²) in [5.41, 5.74) is 3.05. The second-order valence-corrected chi connectivity index (χ2v) is 7.54. The van der Waals surface area contributed by atoms with E-state index in [4.69, 9.17) is 4.74 Å². The van der Waals surface area contributed by atoms with Crippen LogP contribution in [0.4, 0.5) is 0 Å². The van der Waals surface area contributed by atoms with Crippen LogP contribution in [0.3, 0.4) is 0 Å². The highest BCUT2D eigenvalue weighted by atomic mass is 16.5. The number of methoxy groups -OCH3 is 1. The first kappa shape index (κ1) is 20.0. The molecule has 8 heteroatoms. The summed E-state index contributed by atoms with van der Waals surface area (Å²) in [5.74, 6) is 0.0169. The minimum absolute atomic E-state index is 0.110. The fourth-order valence-corrected chi connectivity index (χ4v) is 3.72. The van der Waals surface area contributed by atoms with Crippen molar-refractivity contribution in [2.75, 3.05) is 33.4 Å². The first-order valence-electron chi connectivity index (χ1n) is 10.0. The number of carbonyl (C=O) groups is 2. The lowest BCUT2D eigenvalue weighted by atomic mass is 10.1. The molecule has 4 rings (SSSR count). The van der Waals surface area contributed by atoms with Crippen molar-refractivity contribution in [2.45, 2.75) is 13.0 Å². The van der Waals surface area contributed by atoms with Crippen molar-refractivity contribution in [3.8, 4) is 0 Å². The van der Waals surface area contributed by atoms with Crippen LogP contribution >= 0.6 is 0 Å². The summed E-state index contributed by atoms with van der Waals surface area (Å²) < 4.78 is 7.00. The van der Waals surface area contributed by atoms with Crippen molar-refractivity contribution in [1.82, 2.24) is 24.8 Å². The number of nitrogens with one attached hydrogen (secondary N) is 1. The van der Waals surface area contributed by atoms with Gasteiger partial charge in [-0.25, -0.2) is 9.97 Å². The fourth-order valence-electron chi connectivity index (χ4n) is 3.72. The number of rotatable bonds is 8. The molecular weight excluding hydrogens is 382 g/mol. The lowest BCUT2D eigenvalue weighted by Crippen LogP contribution is -2.32. The van der Waals surface area contributed by atoms with Gasteiger partial charge in [-0.2, -0.15) is 0 Å². The van der Waals surface area contributed by atoms with Crippen molar-refractivity contribution < 1.29 is 14.3 Å². The molecule has 1 aromatic carbocycles. The Labute approximate surface area is 174 Å². The summed E-state index contributed by atoms with van der Waals surface area (Å²) >= 11 is 0. The fraction of sp³-hybridized carbons (Fsp3) is 0.364. The van der Waals surface area contributed by atoms with Crippen molar-refractivity contribution in [1.29, 1.82) is 0 Å². The smallest absolute Gasteiger partial charge is 0.252 e. The van der Waals surface area contributed by atoms with Gasteiger partial charge in [-0.15, -0.1) is 0 Å². The van der Waals surface area contributed by atoms with Crippen molar-refractivity contribution in [2.24, 2.45) is 5.92 Å². The monoisotopic (exact) mass is 407 g/mol. The van der Waals surface area contributed by atoms with E-state index < -0.39 is 0 Å². The van der Waals surface area contributed by atoms with E-state index in [1.54, 1.807) is 30.6 Å². The molecule has 0 bridgehead atoms. The van der Waals surface area contributed by atoms with Gasteiger partial charge in [0.15, 0.2) is 5.65 Å². The van der Waals surface area contributed by atoms with Gasteiger partial charge < -0.3 is 19.5 Å². The molecule has 3 aromatic rings. The number of ether oxygens (including phenoxy) is 1. The topological polar surface area (TPSA) is 89.3 Å². The Hall–Kier alpha value is -3.26. The molecule has 0 aliphatic carbocycles. The molecule has 0 spiro atoms. The third kappa shape index (κ3) is 4.49. The van der Waals surface area contributed by atoms with E-state index in [9.17, 15) is 9.59 Å². The molecule has 8 nitrogen and oxygen atoms in total. The van der Waals surface area contributed by atoms with Gasteiger partial charge in [0, 0.05) is 45.3 Å². The average molecular weight is 407 g/mol. The van der Waals surface area contributed by atoms with Gasteiger partial charge >= 0.3 is 0 Å². The Bertz CT molecular complexity index is 1030. The number of imidazole rings is 1. The lowest BCUT2D eigenvalue weighted by Gasteiger charge is -2.16. The maximum Gasteiger partial charge on any atom is 0.252 e. The summed E-state index contributed by atoms with van der Waals surface area (Å²) in [6, 6.07) is 11.8. The molecule has 2 aromatic heterocycles. The first-order valence-corrected chi connectivity index (χ1v) is 10.0. The van der Waals surface area contributed by atoms with Crippen LogP contribution in [0.15, 0.2) is 48.9 Å². The van der Waals surface area contributed by atoms with E-state index >= 15 is 0 Å². The minimum Gasteiger partial charge on any atom is -0.383 e. The van der Waals surface area contributed by atoms with Gasteiger partial charge in [0.1, 0.15) is 5.52 Å². The predicted molar refractivity (Wildman–Crippen MR) is 112 cm³/mol. The first-order chi connectivity index (χ1) is 14.6. The van der Waals surface area contributed by atoms with Crippen molar-refractivity contribution in [3.05, 3.63) is 60.0 Å². The Morgan fingerprint density at radius 2 is 2.10 bits per heavy atom. The molecule has 1 saturated heterocycles. The number of aromatic nitrogens is 3. The molecule has 0 radical (unpaired) electrons. The third-order valence-electron chi connectivity index (χ3n) is 5.32. The van der Waals surface area contributed by atoms with E-state index in [1.165, 1.54) is 0 Å². The number of benzene rings is 1. The Kier molecular flexibility index (Phi) is 6.04. The summed E-state index contributed by atoms with van der Waals surface area (Å²) in [6.45, 7) is 2.88. The second-order valence-electron chi connectivity index (χ2n) is 7.54. The van der Waals surface area contributed by atoms with Gasteiger partial charge in [-0.3, -0.25) is 9.59 Å². The molecule has 1 unspecified atom stereocenters. The van der Waals surface area contributed by atoms with Crippen LogP contribution in [-0.4, -0.2) is 64.6 Å². The van der Waals surface area contributed by atoms with Gasteiger partial charge in [-0.05, 0) is 11.6 Å². The summed E-state index contributed by atoms with van der Waals surface area (Å²) in [6.07, 6.45) is 3.77. The minimum atomic E-state index is -0.204. The number of hydrogen-bond acceptors (Lipinski definition) is 5. The quantitative estimate of drug-likeness (QED) is 0.614. The lowest BCUT2D eigenvalue weighted by molar-refractivity contribution is -0.128. The Morgan fingerprint density at radius 1 is 1.27 bits per heavy atom. The molecule has 30 heavy (non-hydrogen) atoms. The zero-order valence-electron chi connectivity index (χ0n) is 17.0. The Balaban J connectivity index is 1.36. The molecule has 1 fully saturated rings. The summed E-state index contributed by atoms with van der Waals surface area (Å²) in [4.78, 5) is 35.2. The molecule has 3 heterocycles. The summed E-state index contributed by atoms with van der Waals surface area (Å²) in [7, 11) is 1.62. The molecule has 1 atom stereocenters. The van der Waals surface area contributed by atoms with Crippen LogP contribution < -0.4 is 5.32 Å². The maximum absolute atomic E-state index is 12.6. The van der Waals surface area contributed by atoms with E-state index in [0.717, 1.165) is 11.2 Å². The standard InChI is InChI=1S/C22H25N5O3/c1-30-8-7-26-14-17(9-20(26)28)11-24-22(29)18-10-19-21(23-12-18)27(15-25-19)13-16-5-3-2-4-6-16/h2-6,10,12,15,17H,7-9,11,13-14H2,1H3,(H,24,29). The zero-order valence-corrected chi connectivity index (χ0v) is 17.0. The number of likely N-dealkylation sites (tertiary alicyclic amines) is 1. The average Bonchev–Trinajstić information content (AvgIpc) is 3.33. The zero-order chi connectivity index (χ0) is 20.9. The number of pyridine rings is 1. The van der Waals surface area contributed by atoms with Crippen LogP contribution in [-0.2, 0) is 16.1 Å². The highest BCUT2D eigenvalue weighted by molar-refractivity contribution is 5.96. The number of nitrogens with zero attached hydrogens (tertiary/aromatic N) is 4. The maximum atomic E-state index is 12.6. The number of fused-ring (bicyclic) bond motifs is 1. The molecule has 1 aliphatic rings. The predicted octanol–water partition coefficient (Wildman–Crippen LogP) is 1.70. The van der Waals surface area contributed by atoms with Crippen molar-refractivity contribution >= 4 is 23.0 Å². The van der Waals surface area contributed by atoms with Crippen LogP contribution in [0.5, 0.6) is 0 Å². The highest BCUT2D eigenvalue weighted by Crippen LogP contribution is 2.17. The van der Waals surface area contributed by atoms with E-state index in [0.29, 0.717) is 50.3 Å². The van der Waals surface area contributed by atoms with E-state index in [2.05, 4.69) is 27.4 Å². The highest BCUT2D eigenvalue weighted by Gasteiger charge is 2.29. The van der Waals surface area contributed by atoms with Gasteiger partial charge in [-0.1, -0.05) is 30.3 Å². The largest absolute Gasteiger partial charge is 0.383 e. The molecule has 2 amide bonds. The number of amides is 2. The SMILES string of the molecule is COCCN1CC(CNC(=O)c2cnc3c(c2)ncn3Cc2ccccc2)CC1=O. The summed E-state index contributed by atoms with van der Waals surface area (Å²) in [5, 5.41) is 2.93. The normalized spacial score (nSPS) is 16.4. The van der Waals surface area contributed by atoms with Gasteiger partial charge in [0.05, 0.1) is 25.0 Å². The molecule has 156 valence electrons.